The van der Waals surface area contributed by atoms with E-state index >= 15 is 0 Å². The van der Waals surface area contributed by atoms with Crippen LogP contribution in [0.25, 0.3) is 5.69 Å². The molecule has 2 rings (SSSR count). The summed E-state index contributed by atoms with van der Waals surface area (Å²) in [6.45, 7) is 1.69. The Morgan fingerprint density at radius 2 is 1.95 bits per heavy atom. The smallest absolute Gasteiger partial charge is 0.335 e. The number of H-pyrrole nitrogens is 1. The molecule has 0 saturated heterocycles. The van der Waals surface area contributed by atoms with Gasteiger partial charge in [-0.2, -0.15) is 0 Å². The summed E-state index contributed by atoms with van der Waals surface area (Å²) < 4.78 is 1.47. The van der Waals surface area contributed by atoms with Crippen molar-refractivity contribution in [2.45, 2.75) is 13.3 Å². The lowest BCUT2D eigenvalue weighted by molar-refractivity contribution is 0.423. The molecule has 0 spiro atoms. The Bertz CT molecular complexity index is 799. The molecule has 0 atom stereocenters. The fourth-order valence-corrected chi connectivity index (χ4v) is 2.65. The number of rotatable bonds is 2. The van der Waals surface area contributed by atoms with Gasteiger partial charge in [0.15, 0.2) is 0 Å². The quantitative estimate of drug-likeness (QED) is 0.787. The van der Waals surface area contributed by atoms with Crippen molar-refractivity contribution in [3.63, 3.8) is 0 Å². The van der Waals surface area contributed by atoms with Gasteiger partial charge >= 0.3 is 5.69 Å². The third-order valence-electron chi connectivity index (χ3n) is 2.79. The average molecular weight is 380 g/mol. The van der Waals surface area contributed by atoms with E-state index in [1.807, 2.05) is 0 Å². The molecule has 0 fully saturated rings. The van der Waals surface area contributed by atoms with Crippen molar-refractivity contribution in [1.29, 1.82) is 0 Å². The Morgan fingerprint density at radius 1 is 1.30 bits per heavy atom. The molecule has 8 heteroatoms. The zero-order valence-corrected chi connectivity index (χ0v) is 13.3. The molecule has 0 aliphatic rings. The molecule has 1 heterocycles. The van der Waals surface area contributed by atoms with Gasteiger partial charge in [0.25, 0.3) is 5.56 Å². The van der Waals surface area contributed by atoms with Crippen LogP contribution in [0.3, 0.4) is 0 Å². The Hall–Kier alpha value is -1.24. The number of hydrogen-bond donors (Lipinski definition) is 2. The van der Waals surface area contributed by atoms with E-state index in [9.17, 15) is 14.7 Å². The summed E-state index contributed by atoms with van der Waals surface area (Å²) in [6, 6.07) is 3.10. The van der Waals surface area contributed by atoms with Crippen molar-refractivity contribution in [3.8, 4) is 11.6 Å². The second kappa shape index (κ2) is 5.63. The van der Waals surface area contributed by atoms with E-state index < -0.39 is 17.1 Å². The highest BCUT2D eigenvalue weighted by Crippen LogP contribution is 2.35. The fraction of sp³-hybridized carbons (Fsp3) is 0.167. The number of aromatic hydroxyl groups is 1. The Morgan fingerprint density at radius 3 is 2.55 bits per heavy atom. The van der Waals surface area contributed by atoms with Crippen molar-refractivity contribution in [3.05, 3.63) is 53.1 Å². The maximum absolute atomic E-state index is 11.9. The van der Waals surface area contributed by atoms with Gasteiger partial charge in [-0.25, -0.2) is 9.36 Å². The molecule has 0 radical (unpaired) electrons. The van der Waals surface area contributed by atoms with Crippen LogP contribution in [0.5, 0.6) is 5.88 Å². The van der Waals surface area contributed by atoms with Gasteiger partial charge < -0.3 is 5.11 Å². The normalized spacial score (nSPS) is 10.8. The zero-order valence-electron chi connectivity index (χ0n) is 10.2. The molecule has 1 aromatic carbocycles. The molecule has 5 nitrogen and oxygen atoms in total. The predicted octanol–water partition coefficient (Wildman–Crippen LogP) is 2.86. The van der Waals surface area contributed by atoms with E-state index in [1.54, 1.807) is 13.0 Å². The summed E-state index contributed by atoms with van der Waals surface area (Å²) in [5.41, 5.74) is -1.12. The average Bonchev–Trinajstić information content (AvgIpc) is 2.38. The molecule has 2 aromatic rings. The Kier molecular flexibility index (Phi) is 4.27. The Balaban J connectivity index is 2.87. The molecule has 0 amide bonds. The van der Waals surface area contributed by atoms with Crippen molar-refractivity contribution < 1.29 is 5.11 Å². The minimum Gasteiger partial charge on any atom is -0.494 e. The number of aromatic nitrogens is 2. The number of halogens is 3. The van der Waals surface area contributed by atoms with E-state index in [0.29, 0.717) is 4.47 Å². The van der Waals surface area contributed by atoms with Gasteiger partial charge in [0.05, 0.1) is 21.3 Å². The van der Waals surface area contributed by atoms with Crippen molar-refractivity contribution in [1.82, 2.24) is 9.55 Å². The molecule has 0 unspecified atom stereocenters. The number of benzene rings is 1. The molecule has 0 aliphatic carbocycles. The molecule has 0 bridgehead atoms. The summed E-state index contributed by atoms with van der Waals surface area (Å²) in [7, 11) is 0. The molecular formula is C12H9BrCl2N2O3. The highest BCUT2D eigenvalue weighted by Gasteiger charge is 2.18. The van der Waals surface area contributed by atoms with Crippen LogP contribution in [0.2, 0.25) is 10.0 Å². The van der Waals surface area contributed by atoms with Gasteiger partial charge in [0.2, 0.25) is 5.88 Å². The lowest BCUT2D eigenvalue weighted by Gasteiger charge is -2.13. The van der Waals surface area contributed by atoms with Gasteiger partial charge in [-0.15, -0.1) is 0 Å². The van der Waals surface area contributed by atoms with Crippen LogP contribution in [0.4, 0.5) is 0 Å². The number of nitrogens with zero attached hydrogens (tertiary/aromatic N) is 1. The second-order valence-corrected chi connectivity index (χ2v) is 5.56. The highest BCUT2D eigenvalue weighted by molar-refractivity contribution is 9.10. The molecule has 1 aromatic heterocycles. The maximum Gasteiger partial charge on any atom is 0.335 e. The van der Waals surface area contributed by atoms with E-state index in [4.69, 9.17) is 23.2 Å². The molecule has 0 aliphatic heterocycles. The van der Waals surface area contributed by atoms with Crippen LogP contribution >= 0.6 is 39.1 Å². The summed E-state index contributed by atoms with van der Waals surface area (Å²) >= 11 is 15.3. The summed E-state index contributed by atoms with van der Waals surface area (Å²) in [5, 5.41) is 10.4. The first-order valence-electron chi connectivity index (χ1n) is 5.59. The standard InChI is InChI=1S/C12H9BrCl2N2O3/c1-2-5-10(18)16-12(20)17(11(5)19)7-4-3-6(13)8(14)9(7)15/h3-4,19H,2H2,1H3,(H,16,18,20). The van der Waals surface area contributed by atoms with E-state index in [1.165, 1.54) is 6.07 Å². The van der Waals surface area contributed by atoms with Crippen LogP contribution in [0, 0.1) is 0 Å². The van der Waals surface area contributed by atoms with Crippen LogP contribution < -0.4 is 11.2 Å². The van der Waals surface area contributed by atoms with Crippen molar-refractivity contribution in [2.24, 2.45) is 0 Å². The predicted molar refractivity (Wildman–Crippen MR) is 81.4 cm³/mol. The second-order valence-electron chi connectivity index (χ2n) is 3.94. The number of nitrogens with one attached hydrogen (secondary N) is 1. The van der Waals surface area contributed by atoms with E-state index in [0.717, 1.165) is 4.57 Å². The monoisotopic (exact) mass is 378 g/mol. The van der Waals surface area contributed by atoms with E-state index in [-0.39, 0.29) is 27.7 Å². The SMILES string of the molecule is CCc1c(O)n(-c2ccc(Br)c(Cl)c2Cl)c(=O)[nH]c1=O. The fourth-order valence-electron chi connectivity index (χ4n) is 1.79. The first kappa shape index (κ1) is 15.2. The van der Waals surface area contributed by atoms with Crippen molar-refractivity contribution in [2.75, 3.05) is 0 Å². The topological polar surface area (TPSA) is 75.1 Å². The molecular weight excluding hydrogens is 371 g/mol. The maximum atomic E-state index is 11.9. The van der Waals surface area contributed by atoms with Crippen LogP contribution in [-0.2, 0) is 6.42 Å². The molecule has 2 N–H and O–H groups in total. The molecule has 20 heavy (non-hydrogen) atoms. The first-order chi connectivity index (χ1) is 9.38. The van der Waals surface area contributed by atoms with Gasteiger partial charge in [-0.3, -0.25) is 9.78 Å². The highest BCUT2D eigenvalue weighted by atomic mass is 79.9. The Labute approximate surface area is 131 Å². The minimum absolute atomic E-state index is 0.0903. The van der Waals surface area contributed by atoms with E-state index in [2.05, 4.69) is 20.9 Å². The van der Waals surface area contributed by atoms with Crippen LogP contribution in [-0.4, -0.2) is 14.7 Å². The molecule has 0 saturated carbocycles. The van der Waals surface area contributed by atoms with Gasteiger partial charge in [0, 0.05) is 4.47 Å². The summed E-state index contributed by atoms with van der Waals surface area (Å²) in [4.78, 5) is 25.6. The third kappa shape index (κ3) is 2.39. The minimum atomic E-state index is -0.787. The van der Waals surface area contributed by atoms with Gasteiger partial charge in [-0.1, -0.05) is 30.1 Å². The lowest BCUT2D eigenvalue weighted by atomic mass is 10.2. The number of hydrogen-bond acceptors (Lipinski definition) is 3. The number of aromatic amines is 1. The largest absolute Gasteiger partial charge is 0.494 e. The van der Waals surface area contributed by atoms with Crippen molar-refractivity contribution >= 4 is 39.1 Å². The van der Waals surface area contributed by atoms with Gasteiger partial charge in [-0.05, 0) is 34.5 Å². The van der Waals surface area contributed by atoms with Crippen LogP contribution in [0.1, 0.15) is 12.5 Å². The zero-order chi connectivity index (χ0) is 15.0. The summed E-state index contributed by atoms with van der Waals surface area (Å²) in [5.74, 6) is -0.443. The third-order valence-corrected chi connectivity index (χ3v) is 4.55. The molecule has 106 valence electrons. The lowest BCUT2D eigenvalue weighted by Crippen LogP contribution is -2.31. The summed E-state index contributed by atoms with van der Waals surface area (Å²) in [6.07, 6.45) is 0.267. The van der Waals surface area contributed by atoms with Crippen LogP contribution in [0.15, 0.2) is 26.2 Å². The van der Waals surface area contributed by atoms with Gasteiger partial charge in [0.1, 0.15) is 0 Å². The first-order valence-corrected chi connectivity index (χ1v) is 7.14.